The molecule has 2 atom stereocenters. The molecule has 4 nitrogen and oxygen atoms in total. The molecule has 100 valence electrons. The maximum atomic E-state index is 6.09. The number of nitrogens with two attached hydrogens (primary N) is 1. The Morgan fingerprint density at radius 1 is 1.39 bits per heavy atom. The van der Waals surface area contributed by atoms with Crippen molar-refractivity contribution in [1.29, 1.82) is 0 Å². The molecule has 1 aliphatic heterocycles. The zero-order chi connectivity index (χ0) is 13.1. The highest BCUT2D eigenvalue weighted by Crippen LogP contribution is 2.35. The molecule has 1 unspecified atom stereocenters. The quantitative estimate of drug-likeness (QED) is 0.887. The molecule has 0 radical (unpaired) electrons. The monoisotopic (exact) mass is 250 g/mol. The van der Waals surface area contributed by atoms with Gasteiger partial charge in [-0.05, 0) is 25.5 Å². The van der Waals surface area contributed by atoms with Crippen molar-refractivity contribution in [1.82, 2.24) is 0 Å². The molecule has 1 aromatic carbocycles. The summed E-state index contributed by atoms with van der Waals surface area (Å²) in [4.78, 5) is 2.33. The van der Waals surface area contributed by atoms with Crippen LogP contribution in [0.2, 0.25) is 0 Å². The van der Waals surface area contributed by atoms with E-state index in [1.54, 1.807) is 14.2 Å². The summed E-state index contributed by atoms with van der Waals surface area (Å²) >= 11 is 0. The van der Waals surface area contributed by atoms with Gasteiger partial charge in [-0.2, -0.15) is 0 Å². The molecule has 18 heavy (non-hydrogen) atoms. The summed E-state index contributed by atoms with van der Waals surface area (Å²) in [5.41, 5.74) is 8.34. The molecule has 0 bridgehead atoms. The highest BCUT2D eigenvalue weighted by molar-refractivity contribution is 5.61. The highest BCUT2D eigenvalue weighted by atomic mass is 16.5. The van der Waals surface area contributed by atoms with Crippen LogP contribution < -0.4 is 15.4 Å². The van der Waals surface area contributed by atoms with E-state index in [0.29, 0.717) is 6.10 Å². The Kier molecular flexibility index (Phi) is 4.09. The first kappa shape index (κ1) is 13.2. The van der Waals surface area contributed by atoms with Crippen LogP contribution in [-0.4, -0.2) is 33.4 Å². The van der Waals surface area contributed by atoms with Gasteiger partial charge in [-0.15, -0.1) is 0 Å². The van der Waals surface area contributed by atoms with E-state index in [1.807, 2.05) is 19.1 Å². The minimum absolute atomic E-state index is 0.0438. The van der Waals surface area contributed by atoms with Gasteiger partial charge in [0.05, 0.1) is 13.2 Å². The van der Waals surface area contributed by atoms with Crippen LogP contribution >= 0.6 is 0 Å². The van der Waals surface area contributed by atoms with E-state index < -0.39 is 0 Å². The normalized spacial score (nSPS) is 21.1. The largest absolute Gasteiger partial charge is 0.496 e. The summed E-state index contributed by atoms with van der Waals surface area (Å²) in [5, 5.41) is 0. The van der Waals surface area contributed by atoms with Gasteiger partial charge in [0.2, 0.25) is 0 Å². The van der Waals surface area contributed by atoms with Gasteiger partial charge in [0.1, 0.15) is 5.75 Å². The Balaban J connectivity index is 2.32. The second-order valence-corrected chi connectivity index (χ2v) is 4.77. The van der Waals surface area contributed by atoms with E-state index in [2.05, 4.69) is 11.0 Å². The number of nitrogens with zero attached hydrogens (tertiary/aromatic N) is 1. The van der Waals surface area contributed by atoms with E-state index in [9.17, 15) is 0 Å². The fraction of sp³-hybridized carbons (Fsp3) is 0.571. The summed E-state index contributed by atoms with van der Waals surface area (Å²) in [6.07, 6.45) is 1.38. The Hall–Kier alpha value is -1.26. The van der Waals surface area contributed by atoms with Crippen LogP contribution in [0.15, 0.2) is 18.2 Å². The Bertz CT molecular complexity index is 407. The Morgan fingerprint density at radius 3 is 2.72 bits per heavy atom. The van der Waals surface area contributed by atoms with Crippen molar-refractivity contribution in [2.75, 3.05) is 32.2 Å². The summed E-state index contributed by atoms with van der Waals surface area (Å²) in [7, 11) is 3.46. The molecule has 4 heteroatoms. The molecule has 1 fully saturated rings. The van der Waals surface area contributed by atoms with E-state index in [4.69, 9.17) is 15.2 Å². The number of benzene rings is 1. The lowest BCUT2D eigenvalue weighted by atomic mass is 10.0. The zero-order valence-electron chi connectivity index (χ0n) is 11.3. The van der Waals surface area contributed by atoms with Gasteiger partial charge in [-0.25, -0.2) is 0 Å². The topological polar surface area (TPSA) is 47.7 Å². The Labute approximate surface area is 109 Å². The predicted molar refractivity (Wildman–Crippen MR) is 73.2 cm³/mol. The van der Waals surface area contributed by atoms with Gasteiger partial charge in [0.15, 0.2) is 0 Å². The molecule has 1 saturated heterocycles. The van der Waals surface area contributed by atoms with Crippen LogP contribution in [0.4, 0.5) is 5.69 Å². The number of methoxy groups -OCH3 is 2. The third-order valence-corrected chi connectivity index (χ3v) is 3.54. The van der Waals surface area contributed by atoms with Crippen molar-refractivity contribution in [3.63, 3.8) is 0 Å². The van der Waals surface area contributed by atoms with Crippen LogP contribution in [0.5, 0.6) is 5.75 Å². The van der Waals surface area contributed by atoms with Crippen LogP contribution in [0.3, 0.4) is 0 Å². The van der Waals surface area contributed by atoms with E-state index in [0.717, 1.165) is 30.8 Å². The van der Waals surface area contributed by atoms with Gasteiger partial charge < -0.3 is 20.1 Å². The number of anilines is 1. The molecule has 2 N–H and O–H groups in total. The molecule has 0 saturated carbocycles. The molecular formula is C14H22N2O2. The average molecular weight is 250 g/mol. The molecule has 1 heterocycles. The minimum atomic E-state index is -0.0438. The first-order valence-electron chi connectivity index (χ1n) is 6.37. The third kappa shape index (κ3) is 2.44. The zero-order valence-corrected chi connectivity index (χ0v) is 11.3. The van der Waals surface area contributed by atoms with E-state index in [1.165, 1.54) is 5.69 Å². The third-order valence-electron chi connectivity index (χ3n) is 3.54. The summed E-state index contributed by atoms with van der Waals surface area (Å²) in [6, 6.07) is 6.05. The fourth-order valence-corrected chi connectivity index (χ4v) is 2.58. The van der Waals surface area contributed by atoms with Crippen molar-refractivity contribution >= 4 is 5.69 Å². The molecule has 1 aliphatic rings. The van der Waals surface area contributed by atoms with Crippen molar-refractivity contribution in [2.24, 2.45) is 5.73 Å². The Morgan fingerprint density at radius 2 is 2.17 bits per heavy atom. The van der Waals surface area contributed by atoms with Crippen molar-refractivity contribution in [2.45, 2.75) is 25.5 Å². The van der Waals surface area contributed by atoms with Gasteiger partial charge in [0, 0.05) is 37.5 Å². The lowest BCUT2D eigenvalue weighted by Crippen LogP contribution is -2.24. The van der Waals surface area contributed by atoms with Crippen molar-refractivity contribution in [3.05, 3.63) is 23.8 Å². The summed E-state index contributed by atoms with van der Waals surface area (Å²) in [5.74, 6) is 0.864. The van der Waals surface area contributed by atoms with Crippen LogP contribution in [0, 0.1) is 0 Å². The molecule has 0 amide bonds. The first-order chi connectivity index (χ1) is 8.67. The minimum Gasteiger partial charge on any atom is -0.496 e. The first-order valence-corrected chi connectivity index (χ1v) is 6.37. The maximum Gasteiger partial charge on any atom is 0.125 e. The highest BCUT2D eigenvalue weighted by Gasteiger charge is 2.25. The lowest BCUT2D eigenvalue weighted by molar-refractivity contribution is 0.121. The van der Waals surface area contributed by atoms with Gasteiger partial charge in [-0.3, -0.25) is 0 Å². The maximum absolute atomic E-state index is 6.09. The van der Waals surface area contributed by atoms with Crippen LogP contribution in [-0.2, 0) is 4.74 Å². The van der Waals surface area contributed by atoms with Gasteiger partial charge in [-0.1, -0.05) is 6.07 Å². The number of ether oxygens (including phenoxy) is 2. The van der Waals surface area contributed by atoms with Crippen LogP contribution in [0.25, 0.3) is 0 Å². The molecular weight excluding hydrogens is 228 g/mol. The smallest absolute Gasteiger partial charge is 0.125 e. The van der Waals surface area contributed by atoms with Crippen molar-refractivity contribution in [3.8, 4) is 5.75 Å². The van der Waals surface area contributed by atoms with Crippen LogP contribution in [0.1, 0.15) is 24.9 Å². The second-order valence-electron chi connectivity index (χ2n) is 4.77. The van der Waals surface area contributed by atoms with E-state index >= 15 is 0 Å². The number of rotatable bonds is 4. The van der Waals surface area contributed by atoms with Crippen molar-refractivity contribution < 1.29 is 9.47 Å². The molecule has 0 aromatic heterocycles. The summed E-state index contributed by atoms with van der Waals surface area (Å²) < 4.78 is 10.8. The van der Waals surface area contributed by atoms with Gasteiger partial charge >= 0.3 is 0 Å². The lowest BCUT2D eigenvalue weighted by Gasteiger charge is -2.25. The number of hydrogen-bond donors (Lipinski definition) is 1. The predicted octanol–water partition coefficient (Wildman–Crippen LogP) is 1.94. The SMILES string of the molecule is COc1cccc(N2CCC(OC)C2)c1[C@@H](C)N. The molecule has 0 spiro atoms. The van der Waals surface area contributed by atoms with E-state index in [-0.39, 0.29) is 6.04 Å². The second kappa shape index (κ2) is 5.59. The standard InChI is InChI=1S/C14H22N2O2/c1-10(15)14-12(5-4-6-13(14)18-3)16-8-7-11(9-16)17-2/h4-6,10-11H,7-9,15H2,1-3H3/t10-,11?/m1/s1. The fourth-order valence-electron chi connectivity index (χ4n) is 2.58. The molecule has 2 rings (SSSR count). The van der Waals surface area contributed by atoms with Gasteiger partial charge in [0.25, 0.3) is 0 Å². The average Bonchev–Trinajstić information content (AvgIpc) is 2.86. The molecule has 0 aliphatic carbocycles. The number of hydrogen-bond acceptors (Lipinski definition) is 4. The summed E-state index contributed by atoms with van der Waals surface area (Å²) in [6.45, 7) is 3.92. The molecule has 1 aromatic rings.